The zero-order valence-corrected chi connectivity index (χ0v) is 11.8. The first kappa shape index (κ1) is 14.2. The minimum absolute atomic E-state index is 0.125. The molecule has 0 saturated heterocycles. The first-order valence-electron chi connectivity index (χ1n) is 6.53. The Kier molecular flexibility index (Phi) is 4.76. The second kappa shape index (κ2) is 5.68. The lowest BCUT2D eigenvalue weighted by atomic mass is 9.67. The van der Waals surface area contributed by atoms with Crippen molar-refractivity contribution in [3.8, 4) is 0 Å². The summed E-state index contributed by atoms with van der Waals surface area (Å²) in [7, 11) is 0. The SMILES string of the molecule is CC(C)C(c1ccccc1)C(CO)C(C)(C)C. The van der Waals surface area contributed by atoms with Crippen LogP contribution in [0.2, 0.25) is 0 Å². The van der Waals surface area contributed by atoms with Gasteiger partial charge in [-0.05, 0) is 28.7 Å². The van der Waals surface area contributed by atoms with Crippen LogP contribution >= 0.6 is 0 Å². The Morgan fingerprint density at radius 3 is 1.94 bits per heavy atom. The third-order valence-corrected chi connectivity index (χ3v) is 3.65. The Balaban J connectivity index is 3.09. The van der Waals surface area contributed by atoms with Crippen molar-refractivity contribution < 1.29 is 5.11 Å². The van der Waals surface area contributed by atoms with E-state index < -0.39 is 0 Å². The van der Waals surface area contributed by atoms with E-state index in [1.807, 2.05) is 6.07 Å². The van der Waals surface area contributed by atoms with E-state index in [0.29, 0.717) is 17.8 Å². The monoisotopic (exact) mass is 234 g/mol. The molecule has 1 heteroatoms. The van der Waals surface area contributed by atoms with Crippen LogP contribution in [0.5, 0.6) is 0 Å². The molecule has 0 fully saturated rings. The third kappa shape index (κ3) is 3.57. The second-order valence-corrected chi connectivity index (χ2v) is 6.34. The van der Waals surface area contributed by atoms with Crippen molar-refractivity contribution in [1.29, 1.82) is 0 Å². The minimum atomic E-state index is 0.125. The molecule has 0 spiro atoms. The van der Waals surface area contributed by atoms with Gasteiger partial charge in [-0.15, -0.1) is 0 Å². The van der Waals surface area contributed by atoms with Crippen molar-refractivity contribution >= 4 is 0 Å². The summed E-state index contributed by atoms with van der Waals surface area (Å²) in [5.41, 5.74) is 1.47. The summed E-state index contributed by atoms with van der Waals surface area (Å²) in [5.74, 6) is 1.25. The van der Waals surface area contributed by atoms with Gasteiger partial charge >= 0.3 is 0 Å². The maximum atomic E-state index is 9.74. The van der Waals surface area contributed by atoms with Gasteiger partial charge in [0.25, 0.3) is 0 Å². The lowest BCUT2D eigenvalue weighted by molar-refractivity contribution is 0.0904. The average molecular weight is 234 g/mol. The van der Waals surface area contributed by atoms with Crippen LogP contribution in [0.3, 0.4) is 0 Å². The fourth-order valence-electron chi connectivity index (χ4n) is 2.68. The number of aliphatic hydroxyl groups is 1. The first-order valence-corrected chi connectivity index (χ1v) is 6.53. The van der Waals surface area contributed by atoms with Crippen molar-refractivity contribution in [2.24, 2.45) is 17.3 Å². The van der Waals surface area contributed by atoms with Crippen molar-refractivity contribution in [2.45, 2.75) is 40.5 Å². The summed E-state index contributed by atoms with van der Waals surface area (Å²) in [4.78, 5) is 0. The Morgan fingerprint density at radius 2 is 1.59 bits per heavy atom. The van der Waals surface area contributed by atoms with Crippen LogP contribution in [-0.4, -0.2) is 11.7 Å². The molecular weight excluding hydrogens is 208 g/mol. The maximum Gasteiger partial charge on any atom is 0.0470 e. The topological polar surface area (TPSA) is 20.2 Å². The summed E-state index contributed by atoms with van der Waals surface area (Å²) in [6.07, 6.45) is 0. The number of aliphatic hydroxyl groups excluding tert-OH is 1. The number of benzene rings is 1. The highest BCUT2D eigenvalue weighted by Crippen LogP contribution is 2.41. The Labute approximate surface area is 106 Å². The van der Waals surface area contributed by atoms with E-state index in [0.717, 1.165) is 0 Å². The third-order valence-electron chi connectivity index (χ3n) is 3.65. The number of hydrogen-bond donors (Lipinski definition) is 1. The molecule has 0 aliphatic heterocycles. The smallest absolute Gasteiger partial charge is 0.0470 e. The second-order valence-electron chi connectivity index (χ2n) is 6.34. The van der Waals surface area contributed by atoms with Gasteiger partial charge in [-0.1, -0.05) is 65.0 Å². The molecule has 0 aromatic heterocycles. The minimum Gasteiger partial charge on any atom is -0.396 e. The Bertz CT molecular complexity index is 321. The zero-order chi connectivity index (χ0) is 13.1. The lowest BCUT2D eigenvalue weighted by Crippen LogP contribution is -2.32. The molecule has 0 amide bonds. The van der Waals surface area contributed by atoms with Gasteiger partial charge in [0, 0.05) is 6.61 Å². The van der Waals surface area contributed by atoms with E-state index >= 15 is 0 Å². The van der Waals surface area contributed by atoms with Gasteiger partial charge < -0.3 is 5.11 Å². The van der Waals surface area contributed by atoms with Crippen molar-refractivity contribution in [2.75, 3.05) is 6.61 Å². The van der Waals surface area contributed by atoms with E-state index in [2.05, 4.69) is 58.9 Å². The largest absolute Gasteiger partial charge is 0.396 e. The van der Waals surface area contributed by atoms with Crippen LogP contribution in [0.4, 0.5) is 0 Å². The molecule has 0 saturated carbocycles. The van der Waals surface area contributed by atoms with Crippen LogP contribution < -0.4 is 0 Å². The van der Waals surface area contributed by atoms with Crippen LogP contribution in [0.25, 0.3) is 0 Å². The van der Waals surface area contributed by atoms with E-state index in [9.17, 15) is 5.11 Å². The molecule has 0 bridgehead atoms. The molecule has 17 heavy (non-hydrogen) atoms. The molecule has 0 aliphatic carbocycles. The van der Waals surface area contributed by atoms with Gasteiger partial charge in [-0.2, -0.15) is 0 Å². The molecule has 2 unspecified atom stereocenters. The predicted octanol–water partition coefficient (Wildman–Crippen LogP) is 4.08. The van der Waals surface area contributed by atoms with Gasteiger partial charge in [-0.25, -0.2) is 0 Å². The van der Waals surface area contributed by atoms with Crippen LogP contribution in [0.1, 0.15) is 46.1 Å². The van der Waals surface area contributed by atoms with Crippen molar-refractivity contribution in [3.63, 3.8) is 0 Å². The summed E-state index contributed by atoms with van der Waals surface area (Å²) < 4.78 is 0. The summed E-state index contributed by atoms with van der Waals surface area (Å²) >= 11 is 0. The molecule has 1 rings (SSSR count). The first-order chi connectivity index (χ1) is 7.88. The van der Waals surface area contributed by atoms with Crippen LogP contribution in [0.15, 0.2) is 30.3 Å². The molecule has 1 aromatic carbocycles. The lowest BCUT2D eigenvalue weighted by Gasteiger charge is -2.38. The van der Waals surface area contributed by atoms with E-state index in [1.54, 1.807) is 0 Å². The molecule has 0 heterocycles. The zero-order valence-electron chi connectivity index (χ0n) is 11.8. The molecule has 0 aliphatic rings. The van der Waals surface area contributed by atoms with Gasteiger partial charge in [0.05, 0.1) is 0 Å². The fraction of sp³-hybridized carbons (Fsp3) is 0.625. The summed E-state index contributed by atoms with van der Waals surface area (Å²) in [5, 5.41) is 9.74. The normalized spacial score (nSPS) is 15.9. The molecule has 96 valence electrons. The number of hydrogen-bond acceptors (Lipinski definition) is 1. The van der Waals surface area contributed by atoms with Gasteiger partial charge in [0.1, 0.15) is 0 Å². The highest BCUT2D eigenvalue weighted by Gasteiger charge is 2.34. The highest BCUT2D eigenvalue weighted by molar-refractivity contribution is 5.21. The van der Waals surface area contributed by atoms with Crippen LogP contribution in [-0.2, 0) is 0 Å². The van der Waals surface area contributed by atoms with Crippen molar-refractivity contribution in [1.82, 2.24) is 0 Å². The van der Waals surface area contributed by atoms with E-state index in [-0.39, 0.29) is 12.0 Å². The molecule has 1 nitrogen and oxygen atoms in total. The highest BCUT2D eigenvalue weighted by atomic mass is 16.3. The number of rotatable bonds is 4. The fourth-order valence-corrected chi connectivity index (χ4v) is 2.68. The molecule has 1 aromatic rings. The van der Waals surface area contributed by atoms with Crippen LogP contribution in [0, 0.1) is 17.3 Å². The van der Waals surface area contributed by atoms with Crippen molar-refractivity contribution in [3.05, 3.63) is 35.9 Å². The maximum absolute atomic E-state index is 9.74. The molecule has 2 atom stereocenters. The van der Waals surface area contributed by atoms with E-state index in [1.165, 1.54) is 5.56 Å². The van der Waals surface area contributed by atoms with Gasteiger partial charge in [-0.3, -0.25) is 0 Å². The predicted molar refractivity (Wildman–Crippen MR) is 74.1 cm³/mol. The Morgan fingerprint density at radius 1 is 1.06 bits per heavy atom. The molecule has 1 N–H and O–H groups in total. The summed E-state index contributed by atoms with van der Waals surface area (Å²) in [6, 6.07) is 10.6. The quantitative estimate of drug-likeness (QED) is 0.832. The molecule has 0 radical (unpaired) electrons. The van der Waals surface area contributed by atoms with Gasteiger partial charge in [0.2, 0.25) is 0 Å². The van der Waals surface area contributed by atoms with Gasteiger partial charge in [0.15, 0.2) is 0 Å². The standard InChI is InChI=1S/C16H26O/c1-12(2)15(13-9-7-6-8-10-13)14(11-17)16(3,4)5/h6-10,12,14-15,17H,11H2,1-5H3. The molecular formula is C16H26O. The summed E-state index contributed by atoms with van der Waals surface area (Å²) in [6.45, 7) is 11.4. The Hall–Kier alpha value is -0.820. The van der Waals surface area contributed by atoms with E-state index in [4.69, 9.17) is 0 Å². The average Bonchev–Trinajstić information content (AvgIpc) is 2.24.